The van der Waals surface area contributed by atoms with Gasteiger partial charge in [-0.3, -0.25) is 0 Å². The summed E-state index contributed by atoms with van der Waals surface area (Å²) in [7, 11) is 0. The summed E-state index contributed by atoms with van der Waals surface area (Å²) in [4.78, 5) is 5.03. The molecule has 0 unspecified atom stereocenters. The van der Waals surface area contributed by atoms with Crippen LogP contribution in [0.15, 0.2) is 36.4 Å². The molecule has 4 heterocycles. The molecule has 0 radical (unpaired) electrons. The van der Waals surface area contributed by atoms with E-state index < -0.39 is 0 Å². The van der Waals surface area contributed by atoms with E-state index in [2.05, 4.69) is 56.4 Å². The fourth-order valence-corrected chi connectivity index (χ4v) is 5.09. The number of anilines is 2. The lowest BCUT2D eigenvalue weighted by Crippen LogP contribution is -2.46. The molecule has 2 aromatic rings. The van der Waals surface area contributed by atoms with Gasteiger partial charge in [-0.1, -0.05) is 18.2 Å². The zero-order valence-electron chi connectivity index (χ0n) is 16.1. The lowest BCUT2D eigenvalue weighted by atomic mass is 9.74. The summed E-state index contributed by atoms with van der Waals surface area (Å²) in [5, 5.41) is 8.63. The van der Waals surface area contributed by atoms with Gasteiger partial charge >= 0.3 is 0 Å². The lowest BCUT2D eigenvalue weighted by Gasteiger charge is -2.40. The molecule has 2 saturated heterocycles. The Kier molecular flexibility index (Phi) is 4.27. The van der Waals surface area contributed by atoms with Crippen LogP contribution < -0.4 is 9.80 Å². The van der Waals surface area contributed by atoms with Crippen LogP contribution in [0, 0.1) is 12.8 Å². The number of hydrogen-bond acceptors (Lipinski definition) is 5. The molecule has 27 heavy (non-hydrogen) atoms. The molecule has 0 saturated carbocycles. The normalized spacial score (nSPS) is 23.8. The van der Waals surface area contributed by atoms with Gasteiger partial charge < -0.3 is 14.5 Å². The largest absolute Gasteiger partial charge is 0.381 e. The number of rotatable bonds is 3. The van der Waals surface area contributed by atoms with Crippen molar-refractivity contribution in [3.05, 3.63) is 47.7 Å². The van der Waals surface area contributed by atoms with Crippen LogP contribution in [0.2, 0.25) is 0 Å². The van der Waals surface area contributed by atoms with Crippen molar-refractivity contribution in [2.24, 2.45) is 5.92 Å². The van der Waals surface area contributed by atoms with Crippen LogP contribution in [0.3, 0.4) is 0 Å². The molecule has 3 aliphatic heterocycles. The first-order valence-corrected chi connectivity index (χ1v) is 10.2. The molecule has 142 valence electrons. The average molecular weight is 364 g/mol. The number of piperidine rings is 1. The summed E-state index contributed by atoms with van der Waals surface area (Å²) in [5.74, 6) is 1.69. The van der Waals surface area contributed by atoms with Crippen molar-refractivity contribution in [1.29, 1.82) is 0 Å². The first-order valence-electron chi connectivity index (χ1n) is 10.2. The van der Waals surface area contributed by atoms with Crippen molar-refractivity contribution >= 4 is 11.5 Å². The molecule has 5 nitrogen and oxygen atoms in total. The number of hydrogen-bond donors (Lipinski definition) is 0. The number of fused-ring (bicyclic) bond motifs is 2. The SMILES string of the molecule is Cc1ccc(N2CCC3(CC2)CN(C[C@H]2CCOC2)c2ccccc23)nn1. The Morgan fingerprint density at radius 3 is 2.70 bits per heavy atom. The minimum atomic E-state index is 0.282. The van der Waals surface area contributed by atoms with Crippen LogP contribution in [-0.4, -0.2) is 49.6 Å². The van der Waals surface area contributed by atoms with Gasteiger partial charge in [0.2, 0.25) is 0 Å². The van der Waals surface area contributed by atoms with Gasteiger partial charge in [-0.15, -0.1) is 5.10 Å². The molecular weight excluding hydrogens is 336 g/mol. The highest BCUT2D eigenvalue weighted by Crippen LogP contribution is 2.47. The molecule has 1 spiro atoms. The molecule has 0 N–H and O–H groups in total. The third-order valence-corrected chi connectivity index (χ3v) is 6.64. The number of benzene rings is 1. The topological polar surface area (TPSA) is 41.5 Å². The van der Waals surface area contributed by atoms with Gasteiger partial charge in [0.1, 0.15) is 0 Å². The second-order valence-corrected chi connectivity index (χ2v) is 8.43. The second-order valence-electron chi connectivity index (χ2n) is 8.43. The minimum Gasteiger partial charge on any atom is -0.381 e. The van der Waals surface area contributed by atoms with Crippen LogP contribution in [0.1, 0.15) is 30.5 Å². The van der Waals surface area contributed by atoms with Crippen LogP contribution in [0.5, 0.6) is 0 Å². The maximum atomic E-state index is 5.62. The molecule has 0 bridgehead atoms. The van der Waals surface area contributed by atoms with Gasteiger partial charge in [-0.05, 0) is 49.9 Å². The molecule has 2 fully saturated rings. The Labute approximate surface area is 161 Å². The van der Waals surface area contributed by atoms with Crippen molar-refractivity contribution in [3.63, 3.8) is 0 Å². The highest BCUT2D eigenvalue weighted by atomic mass is 16.5. The lowest BCUT2D eigenvalue weighted by molar-refractivity contribution is 0.186. The highest BCUT2D eigenvalue weighted by molar-refractivity contribution is 5.63. The van der Waals surface area contributed by atoms with Crippen molar-refractivity contribution in [2.75, 3.05) is 49.2 Å². The highest BCUT2D eigenvalue weighted by Gasteiger charge is 2.45. The molecular formula is C22H28N4O. The van der Waals surface area contributed by atoms with E-state index >= 15 is 0 Å². The predicted octanol–water partition coefficient (Wildman–Crippen LogP) is 3.18. The summed E-state index contributed by atoms with van der Waals surface area (Å²) in [6, 6.07) is 13.2. The molecule has 1 aromatic heterocycles. The van der Waals surface area contributed by atoms with Gasteiger partial charge in [-0.2, -0.15) is 5.10 Å². The summed E-state index contributed by atoms with van der Waals surface area (Å²) < 4.78 is 5.62. The molecule has 0 aliphatic carbocycles. The third-order valence-electron chi connectivity index (χ3n) is 6.64. The standard InChI is InChI=1S/C22H28N4O/c1-17-6-7-21(24-23-17)25-11-9-22(10-12-25)16-26(14-18-8-13-27-15-18)20-5-3-2-4-19(20)22/h2-7,18H,8-16H2,1H3/t18-/m1/s1. The third kappa shape index (κ3) is 3.08. The van der Waals surface area contributed by atoms with E-state index in [4.69, 9.17) is 4.74 Å². The first kappa shape index (κ1) is 17.0. The Morgan fingerprint density at radius 2 is 1.96 bits per heavy atom. The van der Waals surface area contributed by atoms with E-state index in [-0.39, 0.29) is 5.41 Å². The van der Waals surface area contributed by atoms with E-state index in [0.29, 0.717) is 5.92 Å². The van der Waals surface area contributed by atoms with Gasteiger partial charge in [0.15, 0.2) is 5.82 Å². The average Bonchev–Trinajstić information content (AvgIpc) is 3.31. The van der Waals surface area contributed by atoms with Crippen molar-refractivity contribution in [1.82, 2.24) is 10.2 Å². The smallest absolute Gasteiger partial charge is 0.151 e. The van der Waals surface area contributed by atoms with Crippen LogP contribution in [0.4, 0.5) is 11.5 Å². The summed E-state index contributed by atoms with van der Waals surface area (Å²) in [6.45, 7) is 8.21. The molecule has 3 aliphatic rings. The fourth-order valence-electron chi connectivity index (χ4n) is 5.09. The van der Waals surface area contributed by atoms with E-state index in [1.54, 1.807) is 5.56 Å². The van der Waals surface area contributed by atoms with Gasteiger partial charge in [0, 0.05) is 49.8 Å². The van der Waals surface area contributed by atoms with Gasteiger partial charge in [0.25, 0.3) is 0 Å². The Balaban J connectivity index is 1.35. The zero-order valence-corrected chi connectivity index (χ0v) is 16.1. The number of aryl methyl sites for hydroxylation is 1. The van der Waals surface area contributed by atoms with Crippen LogP contribution in [-0.2, 0) is 10.2 Å². The Hall–Kier alpha value is -2.14. The van der Waals surface area contributed by atoms with Crippen molar-refractivity contribution in [2.45, 2.75) is 31.6 Å². The van der Waals surface area contributed by atoms with Crippen LogP contribution >= 0.6 is 0 Å². The predicted molar refractivity (Wildman–Crippen MR) is 107 cm³/mol. The molecule has 1 atom stereocenters. The van der Waals surface area contributed by atoms with Gasteiger partial charge in [0.05, 0.1) is 12.3 Å². The summed E-state index contributed by atoms with van der Waals surface area (Å²) >= 11 is 0. The number of para-hydroxylation sites is 1. The van der Waals surface area contributed by atoms with Crippen molar-refractivity contribution < 1.29 is 4.74 Å². The monoisotopic (exact) mass is 364 g/mol. The fraction of sp³-hybridized carbons (Fsp3) is 0.545. The van der Waals surface area contributed by atoms with Gasteiger partial charge in [-0.25, -0.2) is 0 Å². The van der Waals surface area contributed by atoms with E-state index in [1.165, 1.54) is 24.9 Å². The van der Waals surface area contributed by atoms with E-state index in [0.717, 1.165) is 50.9 Å². The minimum absolute atomic E-state index is 0.282. The molecule has 5 heteroatoms. The summed E-state index contributed by atoms with van der Waals surface area (Å²) in [5.41, 5.74) is 4.26. The number of ether oxygens (including phenoxy) is 1. The van der Waals surface area contributed by atoms with E-state index in [1.807, 2.05) is 6.92 Å². The quantitative estimate of drug-likeness (QED) is 0.837. The zero-order chi connectivity index (χ0) is 18.3. The maximum absolute atomic E-state index is 5.62. The van der Waals surface area contributed by atoms with Crippen LogP contribution in [0.25, 0.3) is 0 Å². The molecule has 0 amide bonds. The number of nitrogens with zero attached hydrogens (tertiary/aromatic N) is 4. The van der Waals surface area contributed by atoms with Crippen molar-refractivity contribution in [3.8, 4) is 0 Å². The Bertz CT molecular complexity index is 792. The maximum Gasteiger partial charge on any atom is 0.151 e. The second kappa shape index (κ2) is 6.79. The molecule has 5 rings (SSSR count). The summed E-state index contributed by atoms with van der Waals surface area (Å²) in [6.07, 6.45) is 3.56. The van der Waals surface area contributed by atoms with E-state index in [9.17, 15) is 0 Å². The number of aromatic nitrogens is 2. The molecule has 1 aromatic carbocycles. The Morgan fingerprint density at radius 1 is 1.11 bits per heavy atom. The first-order chi connectivity index (χ1) is 13.2.